The fourth-order valence-electron chi connectivity index (χ4n) is 6.40. The van der Waals surface area contributed by atoms with Crippen molar-refractivity contribution in [3.05, 3.63) is 132 Å². The maximum atomic E-state index is 13.2. The number of ether oxygens (including phenoxy) is 2. The number of nitrogens with one attached hydrogen (secondary N) is 1. The van der Waals surface area contributed by atoms with Gasteiger partial charge >= 0.3 is 30.3 Å². The van der Waals surface area contributed by atoms with Crippen molar-refractivity contribution in [3.8, 4) is 11.5 Å². The maximum Gasteiger partial charge on any atom is 0.470 e. The quantitative estimate of drug-likeness (QED) is 0.144. The summed E-state index contributed by atoms with van der Waals surface area (Å²) in [5.41, 5.74) is 3.10. The van der Waals surface area contributed by atoms with Gasteiger partial charge in [0.1, 0.15) is 0 Å². The zero-order chi connectivity index (χ0) is 45.0. The molecule has 5 amide bonds. The van der Waals surface area contributed by atoms with E-state index in [1.165, 1.54) is 12.1 Å². The van der Waals surface area contributed by atoms with Gasteiger partial charge in [-0.2, -0.15) is 26.3 Å². The Hall–Kier alpha value is -6.80. The Bertz CT molecular complexity index is 2320. The molecule has 20 heteroatoms. The van der Waals surface area contributed by atoms with Crippen molar-refractivity contribution in [1.82, 2.24) is 25.3 Å². The van der Waals surface area contributed by atoms with E-state index in [1.807, 2.05) is 41.7 Å². The van der Waals surface area contributed by atoms with Crippen LogP contribution in [0.1, 0.15) is 27.4 Å². The van der Waals surface area contributed by atoms with Crippen LogP contribution in [0, 0.1) is 0 Å². The van der Waals surface area contributed by atoms with Gasteiger partial charge in [0.25, 0.3) is 11.7 Å². The lowest BCUT2D eigenvalue weighted by molar-refractivity contribution is -0.169. The predicted octanol–water partition coefficient (Wildman–Crippen LogP) is 7.22. The van der Waals surface area contributed by atoms with Gasteiger partial charge in [-0.1, -0.05) is 60.7 Å². The van der Waals surface area contributed by atoms with E-state index in [2.05, 4.69) is 10.2 Å². The van der Waals surface area contributed by atoms with Crippen molar-refractivity contribution in [2.24, 2.45) is 0 Å². The van der Waals surface area contributed by atoms with Gasteiger partial charge in [-0.3, -0.25) is 19.4 Å². The third-order valence-electron chi connectivity index (χ3n) is 9.60. The van der Waals surface area contributed by atoms with Crippen LogP contribution in [0.2, 0.25) is 0 Å². The van der Waals surface area contributed by atoms with Crippen LogP contribution in [0.3, 0.4) is 0 Å². The Balaban J connectivity index is 0.000000210. The number of ketones is 1. The Kier molecular flexibility index (Phi) is 15.1. The summed E-state index contributed by atoms with van der Waals surface area (Å²) in [5, 5.41) is 8.55. The van der Waals surface area contributed by atoms with Gasteiger partial charge in [-0.15, -0.1) is 10.2 Å². The highest BCUT2D eigenvalue weighted by molar-refractivity contribution is 5.98. The molecule has 2 aliphatic rings. The summed E-state index contributed by atoms with van der Waals surface area (Å²) in [4.78, 5) is 56.2. The van der Waals surface area contributed by atoms with Crippen LogP contribution < -0.4 is 15.1 Å². The second-order valence-electron chi connectivity index (χ2n) is 14.0. The molecule has 2 fully saturated rings. The van der Waals surface area contributed by atoms with Gasteiger partial charge in [-0.05, 0) is 59.7 Å². The average Bonchev–Trinajstić information content (AvgIpc) is 3.82. The lowest BCUT2D eigenvalue weighted by Gasteiger charge is -2.33. The van der Waals surface area contributed by atoms with Gasteiger partial charge in [-0.25, -0.2) is 9.59 Å². The van der Waals surface area contributed by atoms with Crippen molar-refractivity contribution in [2.75, 3.05) is 69.0 Å². The number of halogens is 6. The number of benzene rings is 4. The molecular formula is C43H41F6N7O7. The Morgan fingerprint density at radius 2 is 1.11 bits per heavy atom. The molecule has 0 bridgehead atoms. The number of carbonyl (C=O) groups excluding carboxylic acids is 4. The summed E-state index contributed by atoms with van der Waals surface area (Å²) in [7, 11) is 0. The largest absolute Gasteiger partial charge is 0.470 e. The lowest BCUT2D eigenvalue weighted by atomic mass is 10.1. The summed E-state index contributed by atoms with van der Waals surface area (Å²) < 4.78 is 90.8. The predicted molar refractivity (Wildman–Crippen MR) is 215 cm³/mol. The number of aromatic nitrogens is 2. The molecule has 4 aromatic carbocycles. The SMILES string of the molecule is O=C(N1CCOCC1)N(Cc1cccc(-c2nnc(C(F)(F)F)o2)c1)c1ccccc1.O=C(NCC(=O)C(F)(F)F)c1cccc(CN(C(=O)N2CCOCC2)c2ccccc2)c1. The molecule has 63 heavy (non-hydrogen) atoms. The van der Waals surface area contributed by atoms with Crippen LogP contribution in [0.25, 0.3) is 11.5 Å². The number of rotatable bonds is 10. The number of morpholine rings is 2. The van der Waals surface area contributed by atoms with E-state index < -0.39 is 36.5 Å². The van der Waals surface area contributed by atoms with Crippen molar-refractivity contribution < 1.29 is 59.4 Å². The minimum atomic E-state index is -5.01. The third kappa shape index (κ3) is 12.6. The fourth-order valence-corrected chi connectivity index (χ4v) is 6.40. The van der Waals surface area contributed by atoms with E-state index >= 15 is 0 Å². The molecule has 0 unspecified atom stereocenters. The number of amides is 5. The number of hydrogen-bond acceptors (Lipinski definition) is 9. The molecule has 14 nitrogen and oxygen atoms in total. The van der Waals surface area contributed by atoms with Crippen molar-refractivity contribution in [2.45, 2.75) is 25.4 Å². The molecule has 0 saturated carbocycles. The molecule has 0 spiro atoms. The molecule has 1 aromatic heterocycles. The van der Waals surface area contributed by atoms with Gasteiger partial charge in [0.15, 0.2) is 0 Å². The van der Waals surface area contributed by atoms with E-state index in [-0.39, 0.29) is 36.6 Å². The van der Waals surface area contributed by atoms with Crippen LogP contribution in [-0.4, -0.2) is 109 Å². The van der Waals surface area contributed by atoms with Crippen LogP contribution >= 0.6 is 0 Å². The number of urea groups is 2. The van der Waals surface area contributed by atoms with E-state index in [4.69, 9.17) is 13.9 Å². The highest BCUT2D eigenvalue weighted by atomic mass is 19.4. The van der Waals surface area contributed by atoms with Gasteiger partial charge in [0.2, 0.25) is 5.89 Å². The standard InChI is InChI=1S/C22H22F3N3O4.C21H19F3N4O3/c23-22(24,25)19(29)14-26-20(30)17-6-4-5-16(13-17)15-28(18-7-2-1-3-8-18)21(31)27-9-11-32-12-10-27;22-21(23,24)19-26-25-18(31-19)16-6-4-5-15(13-16)14-28(17-7-2-1-3-8-17)20(29)27-9-11-30-12-10-27/h1-8,13H,9-12,14-15H2,(H,26,30);1-8,13H,9-12,14H2. The molecule has 332 valence electrons. The monoisotopic (exact) mass is 881 g/mol. The summed E-state index contributed by atoms with van der Waals surface area (Å²) in [6.45, 7) is 2.95. The second kappa shape index (κ2) is 20.8. The molecule has 1 N–H and O–H groups in total. The first-order valence-corrected chi connectivity index (χ1v) is 19.5. The zero-order valence-corrected chi connectivity index (χ0v) is 33.5. The Labute approximate surface area is 357 Å². The number of carbonyl (C=O) groups is 4. The molecule has 0 atom stereocenters. The summed E-state index contributed by atoms with van der Waals surface area (Å²) in [5.74, 6) is -4.48. The minimum Gasteiger partial charge on any atom is -0.413 e. The summed E-state index contributed by atoms with van der Waals surface area (Å²) >= 11 is 0. The molecule has 0 radical (unpaired) electrons. The lowest BCUT2D eigenvalue weighted by Crippen LogP contribution is -2.48. The average molecular weight is 882 g/mol. The highest BCUT2D eigenvalue weighted by Gasteiger charge is 2.39. The molecule has 3 heterocycles. The maximum absolute atomic E-state index is 13.2. The molecule has 2 aliphatic heterocycles. The first kappa shape index (κ1) is 45.7. The van der Waals surface area contributed by atoms with E-state index in [9.17, 15) is 45.5 Å². The summed E-state index contributed by atoms with van der Waals surface area (Å²) in [6.07, 6.45) is -9.72. The van der Waals surface area contributed by atoms with Crippen LogP contribution in [0.4, 0.5) is 47.3 Å². The highest BCUT2D eigenvalue weighted by Crippen LogP contribution is 2.31. The first-order valence-electron chi connectivity index (χ1n) is 19.5. The second-order valence-corrected chi connectivity index (χ2v) is 14.0. The van der Waals surface area contributed by atoms with E-state index in [0.29, 0.717) is 80.7 Å². The molecule has 2 saturated heterocycles. The topological polar surface area (TPSA) is 151 Å². The van der Waals surface area contributed by atoms with E-state index in [0.717, 1.165) is 0 Å². The number of Topliss-reactive ketones (excluding diaryl/α,β-unsaturated/α-hetero) is 1. The molecule has 5 aromatic rings. The number of anilines is 2. The number of nitrogens with zero attached hydrogens (tertiary/aromatic N) is 6. The smallest absolute Gasteiger partial charge is 0.413 e. The number of alkyl halides is 6. The number of para-hydroxylation sites is 2. The Morgan fingerprint density at radius 3 is 1.59 bits per heavy atom. The Morgan fingerprint density at radius 1 is 0.619 bits per heavy atom. The normalized spacial score (nSPS) is 14.3. The van der Waals surface area contributed by atoms with Crippen LogP contribution in [-0.2, 0) is 33.5 Å². The van der Waals surface area contributed by atoms with Crippen molar-refractivity contribution >= 4 is 35.1 Å². The zero-order valence-electron chi connectivity index (χ0n) is 33.5. The number of hydrogen-bond donors (Lipinski definition) is 1. The van der Waals surface area contributed by atoms with Crippen molar-refractivity contribution in [3.63, 3.8) is 0 Å². The van der Waals surface area contributed by atoms with Crippen molar-refractivity contribution in [1.29, 1.82) is 0 Å². The van der Waals surface area contributed by atoms with Crippen LogP contribution in [0.15, 0.2) is 114 Å². The van der Waals surface area contributed by atoms with Crippen LogP contribution in [0.5, 0.6) is 0 Å². The van der Waals surface area contributed by atoms with E-state index in [1.54, 1.807) is 80.3 Å². The molecule has 0 aliphatic carbocycles. The third-order valence-corrected chi connectivity index (χ3v) is 9.60. The van der Waals surface area contributed by atoms with Gasteiger partial charge in [0, 0.05) is 48.7 Å². The minimum absolute atomic E-state index is 0.0873. The van der Waals surface area contributed by atoms with Gasteiger partial charge in [0.05, 0.1) is 46.1 Å². The fraction of sp³-hybridized carbons (Fsp3) is 0.302. The molecule has 7 rings (SSSR count). The van der Waals surface area contributed by atoms with Gasteiger partial charge < -0.3 is 29.0 Å². The summed E-state index contributed by atoms with van der Waals surface area (Å²) in [6, 6.07) is 30.7. The molecular weight excluding hydrogens is 841 g/mol. The first-order chi connectivity index (χ1) is 30.2.